The molecule has 0 saturated carbocycles. The summed E-state index contributed by atoms with van der Waals surface area (Å²) in [5, 5.41) is 2.97. The summed E-state index contributed by atoms with van der Waals surface area (Å²) in [6.45, 7) is 3.68. The molecule has 39 heavy (non-hydrogen) atoms. The largest absolute Gasteiger partial charge is 0.404 e. The number of H-pyrrole nitrogens is 1. The number of nitrogens with one attached hydrogen (secondary N) is 3. The lowest BCUT2D eigenvalue weighted by molar-refractivity contribution is 0.103. The van der Waals surface area contributed by atoms with Crippen LogP contribution in [-0.2, 0) is 10.0 Å². The maximum absolute atomic E-state index is 15.4. The molecule has 0 aliphatic heterocycles. The van der Waals surface area contributed by atoms with Crippen LogP contribution in [0.15, 0.2) is 83.3 Å². The number of rotatable bonds is 9. The molecule has 0 aliphatic carbocycles. The second-order valence-corrected chi connectivity index (χ2v) is 9.76. The van der Waals surface area contributed by atoms with Crippen molar-refractivity contribution in [2.45, 2.75) is 4.90 Å². The van der Waals surface area contributed by atoms with Crippen LogP contribution in [0, 0.1) is 17.5 Å². The number of benzene rings is 2. The number of allylic oxidation sites excluding steroid dienone is 1. The topological polar surface area (TPSA) is 142 Å². The fraction of sp³-hybridized carbons (Fsp3) is 0.0385. The number of aromatic amines is 1. The van der Waals surface area contributed by atoms with Crippen molar-refractivity contribution in [1.82, 2.24) is 15.3 Å². The molecule has 4 aromatic rings. The van der Waals surface area contributed by atoms with E-state index in [1.165, 1.54) is 30.9 Å². The highest BCUT2D eigenvalue weighted by Gasteiger charge is 2.26. The summed E-state index contributed by atoms with van der Waals surface area (Å²) >= 11 is 0. The maximum Gasteiger partial charge on any atom is 0.262 e. The van der Waals surface area contributed by atoms with Crippen LogP contribution in [0.4, 0.5) is 18.9 Å². The number of aliphatic imine (C=N–C) groups is 1. The van der Waals surface area contributed by atoms with Gasteiger partial charge in [0.1, 0.15) is 23.1 Å². The van der Waals surface area contributed by atoms with E-state index in [-0.39, 0.29) is 16.6 Å². The van der Waals surface area contributed by atoms with E-state index in [0.29, 0.717) is 17.0 Å². The SMILES string of the molecule is C=C(/N=C\C(=C/N)c1cnc2[nH]cc(C(=O)c3c(F)ccc(NS(=O)(=O)c4cccc(F)c4)c3F)c2c1)NC. The third kappa shape index (κ3) is 5.52. The summed E-state index contributed by atoms with van der Waals surface area (Å²) in [5.41, 5.74) is 5.01. The highest BCUT2D eigenvalue weighted by Crippen LogP contribution is 2.29. The first-order chi connectivity index (χ1) is 18.6. The molecule has 2 aromatic carbocycles. The lowest BCUT2D eigenvalue weighted by atomic mass is 10.00. The van der Waals surface area contributed by atoms with Crippen LogP contribution in [0.2, 0.25) is 0 Å². The van der Waals surface area contributed by atoms with E-state index < -0.39 is 49.4 Å². The molecule has 13 heteroatoms. The lowest BCUT2D eigenvalue weighted by Crippen LogP contribution is -2.16. The Kier molecular flexibility index (Phi) is 7.54. The molecule has 9 nitrogen and oxygen atoms in total. The monoisotopic (exact) mass is 554 g/mol. The van der Waals surface area contributed by atoms with Gasteiger partial charge in [-0.25, -0.2) is 31.6 Å². The normalized spacial score (nSPS) is 12.2. The number of pyridine rings is 1. The van der Waals surface area contributed by atoms with Crippen molar-refractivity contribution in [3.8, 4) is 0 Å². The second-order valence-electron chi connectivity index (χ2n) is 8.08. The van der Waals surface area contributed by atoms with Gasteiger partial charge in [0.25, 0.3) is 10.0 Å². The molecule has 0 unspecified atom stereocenters. The molecule has 2 aromatic heterocycles. The van der Waals surface area contributed by atoms with Gasteiger partial charge >= 0.3 is 0 Å². The predicted octanol–water partition coefficient (Wildman–Crippen LogP) is 4.07. The number of halogens is 3. The minimum Gasteiger partial charge on any atom is -0.404 e. The molecule has 0 amide bonds. The van der Waals surface area contributed by atoms with Gasteiger partial charge in [0, 0.05) is 53.9 Å². The quantitative estimate of drug-likeness (QED) is 0.182. The molecule has 0 saturated heterocycles. The van der Waals surface area contributed by atoms with E-state index in [2.05, 4.69) is 26.9 Å². The summed E-state index contributed by atoms with van der Waals surface area (Å²) in [7, 11) is -2.82. The van der Waals surface area contributed by atoms with E-state index in [4.69, 9.17) is 5.73 Å². The van der Waals surface area contributed by atoms with E-state index in [9.17, 15) is 22.0 Å². The van der Waals surface area contributed by atoms with E-state index in [0.717, 1.165) is 36.4 Å². The van der Waals surface area contributed by atoms with Gasteiger partial charge in [-0.3, -0.25) is 9.52 Å². The zero-order valence-corrected chi connectivity index (χ0v) is 21.1. The van der Waals surface area contributed by atoms with E-state index in [1.54, 1.807) is 7.05 Å². The van der Waals surface area contributed by atoms with Crippen molar-refractivity contribution in [2.75, 3.05) is 11.8 Å². The standard InChI is InChI=1S/C26H21F3N6O3S/c1-14(31-2)32-12-16(10-30)15-8-19-20(13-34-26(19)33-11-15)25(36)23-21(28)6-7-22(24(23)29)35-39(37,38)18-5-3-4-17(27)9-18/h3-13,31,35H,1,30H2,2H3,(H,33,34)/b16-10+,32-12-. The van der Waals surface area contributed by atoms with Gasteiger partial charge in [-0.2, -0.15) is 0 Å². The lowest BCUT2D eigenvalue weighted by Gasteiger charge is -2.12. The Bertz CT molecular complexity index is 1780. The Hall–Kier alpha value is -4.91. The van der Waals surface area contributed by atoms with Crippen LogP contribution in [-0.4, -0.2) is 37.4 Å². The molecule has 4 rings (SSSR count). The maximum atomic E-state index is 15.4. The van der Waals surface area contributed by atoms with Gasteiger partial charge in [-0.15, -0.1) is 0 Å². The molecule has 0 aliphatic rings. The number of hydrogen-bond acceptors (Lipinski definition) is 7. The summed E-state index contributed by atoms with van der Waals surface area (Å²) in [4.78, 5) is 24.0. The second kappa shape index (κ2) is 10.8. The predicted molar refractivity (Wildman–Crippen MR) is 142 cm³/mol. The Morgan fingerprint density at radius 1 is 1.18 bits per heavy atom. The average molecular weight is 555 g/mol. The third-order valence-electron chi connectivity index (χ3n) is 5.61. The van der Waals surface area contributed by atoms with Crippen LogP contribution in [0.1, 0.15) is 21.5 Å². The number of carbonyl (C=O) groups excluding carboxylic acids is 1. The minimum atomic E-state index is -4.45. The number of nitrogens with zero attached hydrogens (tertiary/aromatic N) is 2. The van der Waals surface area contributed by atoms with Crippen LogP contribution in [0.5, 0.6) is 0 Å². The zero-order valence-electron chi connectivity index (χ0n) is 20.3. The Labute approximate surface area is 221 Å². The van der Waals surface area contributed by atoms with Gasteiger partial charge < -0.3 is 16.0 Å². The first-order valence-corrected chi connectivity index (χ1v) is 12.6. The molecule has 5 N–H and O–H groups in total. The van der Waals surface area contributed by atoms with Gasteiger partial charge in [0.15, 0.2) is 5.82 Å². The average Bonchev–Trinajstić information content (AvgIpc) is 3.34. The Morgan fingerprint density at radius 2 is 1.95 bits per heavy atom. The van der Waals surface area contributed by atoms with Crippen LogP contribution in [0.3, 0.4) is 0 Å². The third-order valence-corrected chi connectivity index (χ3v) is 6.97. The fourth-order valence-corrected chi connectivity index (χ4v) is 4.68. The molecule has 0 atom stereocenters. The van der Waals surface area contributed by atoms with Crippen LogP contribution < -0.4 is 15.8 Å². The number of sulfonamides is 1. The number of nitrogens with two attached hydrogens (primary N) is 1. The first-order valence-electron chi connectivity index (χ1n) is 11.2. The Balaban J connectivity index is 1.74. The van der Waals surface area contributed by atoms with Crippen molar-refractivity contribution >= 4 is 44.3 Å². The highest BCUT2D eigenvalue weighted by atomic mass is 32.2. The van der Waals surface area contributed by atoms with Gasteiger partial charge in [-0.05, 0) is 36.4 Å². The summed E-state index contributed by atoms with van der Waals surface area (Å²) in [6.07, 6.45) is 5.37. The molecule has 0 bridgehead atoms. The van der Waals surface area contributed by atoms with Crippen LogP contribution >= 0.6 is 0 Å². The molecule has 0 radical (unpaired) electrons. The fourth-order valence-electron chi connectivity index (χ4n) is 3.59. The number of anilines is 1. The molecular formula is C26H21F3N6O3S. The van der Waals surface area contributed by atoms with Crippen molar-refractivity contribution in [3.05, 3.63) is 108 Å². The summed E-state index contributed by atoms with van der Waals surface area (Å²) in [5.74, 6) is -4.20. The zero-order chi connectivity index (χ0) is 28.3. The number of hydrogen-bond donors (Lipinski definition) is 4. The first kappa shape index (κ1) is 27.1. The minimum absolute atomic E-state index is 0.129. The summed E-state index contributed by atoms with van der Waals surface area (Å²) < 4.78 is 71.0. The van der Waals surface area contributed by atoms with Gasteiger partial charge in [0.2, 0.25) is 5.78 Å². The number of ketones is 1. The van der Waals surface area contributed by atoms with Gasteiger partial charge in [-0.1, -0.05) is 12.6 Å². The molecule has 2 heterocycles. The Morgan fingerprint density at radius 3 is 2.64 bits per heavy atom. The van der Waals surface area contributed by atoms with Crippen molar-refractivity contribution in [2.24, 2.45) is 10.7 Å². The molecule has 0 spiro atoms. The van der Waals surface area contributed by atoms with Crippen molar-refractivity contribution < 1.29 is 26.4 Å². The smallest absolute Gasteiger partial charge is 0.262 e. The molecule has 0 fully saturated rings. The van der Waals surface area contributed by atoms with Crippen LogP contribution in [0.25, 0.3) is 16.6 Å². The highest BCUT2D eigenvalue weighted by molar-refractivity contribution is 7.92. The molecule has 200 valence electrons. The molecular weight excluding hydrogens is 533 g/mol. The van der Waals surface area contributed by atoms with Crippen molar-refractivity contribution in [1.29, 1.82) is 0 Å². The van der Waals surface area contributed by atoms with Crippen molar-refractivity contribution in [3.63, 3.8) is 0 Å². The number of aromatic nitrogens is 2. The van der Waals surface area contributed by atoms with E-state index >= 15 is 4.39 Å². The van der Waals surface area contributed by atoms with Gasteiger partial charge in [0.05, 0.1) is 16.1 Å². The summed E-state index contributed by atoms with van der Waals surface area (Å²) in [6, 6.07) is 7.13. The number of fused-ring (bicyclic) bond motifs is 1. The van der Waals surface area contributed by atoms with E-state index in [1.807, 2.05) is 4.72 Å². The number of carbonyl (C=O) groups is 1.